The Balaban J connectivity index is 1.85. The highest BCUT2D eigenvalue weighted by atomic mass is 32.2. The molecule has 1 saturated heterocycles. The van der Waals surface area contributed by atoms with Gasteiger partial charge in [0.2, 0.25) is 0 Å². The van der Waals surface area contributed by atoms with Crippen LogP contribution in [0.2, 0.25) is 0 Å². The van der Waals surface area contributed by atoms with Crippen LogP contribution in [-0.4, -0.2) is 37.0 Å². The van der Waals surface area contributed by atoms with Gasteiger partial charge in [-0.05, 0) is 31.0 Å². The molecule has 0 aromatic carbocycles. The fraction of sp³-hybridized carbons (Fsp3) is 0.500. The van der Waals surface area contributed by atoms with E-state index in [4.69, 9.17) is 0 Å². The highest BCUT2D eigenvalue weighted by Crippen LogP contribution is 2.12. The Kier molecular flexibility index (Phi) is 4.04. The van der Waals surface area contributed by atoms with Crippen molar-refractivity contribution in [2.45, 2.75) is 25.4 Å². The summed E-state index contributed by atoms with van der Waals surface area (Å²) in [6, 6.07) is 2.87. The summed E-state index contributed by atoms with van der Waals surface area (Å²) in [5.74, 6) is 0.182. The Morgan fingerprint density at radius 3 is 2.68 bits per heavy atom. The van der Waals surface area contributed by atoms with Crippen LogP contribution < -0.4 is 10.6 Å². The lowest BCUT2D eigenvalue weighted by molar-refractivity contribution is 0.235. The standard InChI is InChI=1S/C12H17N3O3S/c1-9(10-2-5-13-6-3-10)14-12(16)15-11-4-7-19(17,18)8-11/h2-3,5-6,9,11H,4,7-8H2,1H3,(H2,14,15,16)/t9-,11-/m1/s1. The monoisotopic (exact) mass is 283 g/mol. The van der Waals surface area contributed by atoms with Crippen molar-refractivity contribution >= 4 is 15.9 Å². The third-order valence-corrected chi connectivity index (χ3v) is 4.89. The summed E-state index contributed by atoms with van der Waals surface area (Å²) in [6.07, 6.45) is 3.81. The molecule has 104 valence electrons. The van der Waals surface area contributed by atoms with Gasteiger partial charge < -0.3 is 10.6 Å². The number of hydrogen-bond donors (Lipinski definition) is 2. The average molecular weight is 283 g/mol. The number of carbonyl (C=O) groups excluding carboxylic acids is 1. The molecule has 7 heteroatoms. The van der Waals surface area contributed by atoms with Gasteiger partial charge in [0.15, 0.2) is 9.84 Å². The molecule has 2 amide bonds. The molecular formula is C12H17N3O3S. The Morgan fingerprint density at radius 1 is 1.42 bits per heavy atom. The summed E-state index contributed by atoms with van der Waals surface area (Å²) in [4.78, 5) is 15.7. The summed E-state index contributed by atoms with van der Waals surface area (Å²) in [5.41, 5.74) is 0.948. The minimum atomic E-state index is -2.97. The van der Waals surface area contributed by atoms with Crippen molar-refractivity contribution < 1.29 is 13.2 Å². The summed E-state index contributed by atoms with van der Waals surface area (Å²) in [7, 11) is -2.97. The Hall–Kier alpha value is -1.63. The second-order valence-electron chi connectivity index (χ2n) is 4.72. The van der Waals surface area contributed by atoms with Gasteiger partial charge >= 0.3 is 6.03 Å². The number of sulfone groups is 1. The van der Waals surface area contributed by atoms with E-state index in [0.29, 0.717) is 6.42 Å². The fourth-order valence-corrected chi connectivity index (χ4v) is 3.74. The van der Waals surface area contributed by atoms with E-state index in [1.807, 2.05) is 19.1 Å². The van der Waals surface area contributed by atoms with Gasteiger partial charge in [0.05, 0.1) is 17.5 Å². The number of aromatic nitrogens is 1. The second-order valence-corrected chi connectivity index (χ2v) is 6.95. The first-order chi connectivity index (χ1) is 8.96. The van der Waals surface area contributed by atoms with Crippen LogP contribution in [0.25, 0.3) is 0 Å². The van der Waals surface area contributed by atoms with Crippen LogP contribution in [0.3, 0.4) is 0 Å². The molecule has 1 aromatic rings. The van der Waals surface area contributed by atoms with Gasteiger partial charge in [-0.25, -0.2) is 13.2 Å². The lowest BCUT2D eigenvalue weighted by atomic mass is 10.1. The van der Waals surface area contributed by atoms with E-state index in [1.165, 1.54) is 0 Å². The summed E-state index contributed by atoms with van der Waals surface area (Å²) >= 11 is 0. The molecular weight excluding hydrogens is 266 g/mol. The van der Waals surface area contributed by atoms with E-state index in [9.17, 15) is 13.2 Å². The zero-order valence-electron chi connectivity index (χ0n) is 10.7. The molecule has 0 saturated carbocycles. The van der Waals surface area contributed by atoms with E-state index >= 15 is 0 Å². The highest BCUT2D eigenvalue weighted by Gasteiger charge is 2.29. The third-order valence-electron chi connectivity index (χ3n) is 3.12. The van der Waals surface area contributed by atoms with Crippen LogP contribution in [0.4, 0.5) is 4.79 Å². The molecule has 0 spiro atoms. The van der Waals surface area contributed by atoms with Crippen molar-refractivity contribution in [1.82, 2.24) is 15.6 Å². The van der Waals surface area contributed by atoms with E-state index in [2.05, 4.69) is 15.6 Å². The Morgan fingerprint density at radius 2 is 2.11 bits per heavy atom. The van der Waals surface area contributed by atoms with Gasteiger partial charge in [0.25, 0.3) is 0 Å². The molecule has 0 bridgehead atoms. The van der Waals surface area contributed by atoms with Gasteiger partial charge in [-0.2, -0.15) is 0 Å². The van der Waals surface area contributed by atoms with Gasteiger partial charge in [0, 0.05) is 18.4 Å². The summed E-state index contributed by atoms with van der Waals surface area (Å²) in [6.45, 7) is 1.86. The predicted molar refractivity (Wildman–Crippen MR) is 71.4 cm³/mol. The van der Waals surface area contributed by atoms with Crippen molar-refractivity contribution in [3.05, 3.63) is 30.1 Å². The first-order valence-corrected chi connectivity index (χ1v) is 7.96. The van der Waals surface area contributed by atoms with E-state index in [-0.39, 0.29) is 29.6 Å². The molecule has 1 aliphatic rings. The van der Waals surface area contributed by atoms with E-state index in [0.717, 1.165) is 5.56 Å². The third kappa shape index (κ3) is 3.92. The fourth-order valence-electron chi connectivity index (χ4n) is 2.07. The zero-order chi connectivity index (χ0) is 13.9. The van der Waals surface area contributed by atoms with Gasteiger partial charge in [-0.3, -0.25) is 4.98 Å². The molecule has 19 heavy (non-hydrogen) atoms. The molecule has 2 atom stereocenters. The maximum absolute atomic E-state index is 11.8. The number of urea groups is 1. The van der Waals surface area contributed by atoms with E-state index in [1.54, 1.807) is 12.4 Å². The van der Waals surface area contributed by atoms with E-state index < -0.39 is 9.84 Å². The predicted octanol–water partition coefficient (Wildman–Crippen LogP) is 0.629. The summed E-state index contributed by atoms with van der Waals surface area (Å²) < 4.78 is 22.6. The number of amides is 2. The quantitative estimate of drug-likeness (QED) is 0.851. The van der Waals surface area contributed by atoms with Crippen LogP contribution in [-0.2, 0) is 9.84 Å². The SMILES string of the molecule is C[C@@H](NC(=O)N[C@@H]1CCS(=O)(=O)C1)c1ccncc1. The van der Waals surface area contributed by atoms with Crippen molar-refractivity contribution in [1.29, 1.82) is 0 Å². The van der Waals surface area contributed by atoms with Crippen LogP contribution in [0.15, 0.2) is 24.5 Å². The Bertz CT molecular complexity index is 545. The molecule has 2 N–H and O–H groups in total. The minimum absolute atomic E-state index is 0.0318. The van der Waals surface area contributed by atoms with Crippen LogP contribution in [0, 0.1) is 0 Å². The average Bonchev–Trinajstić information content (AvgIpc) is 2.69. The van der Waals surface area contributed by atoms with Crippen molar-refractivity contribution in [3.63, 3.8) is 0 Å². The molecule has 0 radical (unpaired) electrons. The first-order valence-electron chi connectivity index (χ1n) is 6.14. The maximum atomic E-state index is 11.8. The first kappa shape index (κ1) is 13.8. The summed E-state index contributed by atoms with van der Waals surface area (Å²) in [5, 5.41) is 5.47. The number of pyridine rings is 1. The molecule has 2 heterocycles. The molecule has 0 unspecified atom stereocenters. The highest BCUT2D eigenvalue weighted by molar-refractivity contribution is 7.91. The smallest absolute Gasteiger partial charge is 0.315 e. The van der Waals surface area contributed by atoms with Gasteiger partial charge in [-0.15, -0.1) is 0 Å². The number of carbonyl (C=O) groups is 1. The van der Waals surface area contributed by atoms with Gasteiger partial charge in [0.1, 0.15) is 0 Å². The largest absolute Gasteiger partial charge is 0.334 e. The number of nitrogens with zero attached hydrogens (tertiary/aromatic N) is 1. The zero-order valence-corrected chi connectivity index (χ0v) is 11.5. The topological polar surface area (TPSA) is 88.2 Å². The van der Waals surface area contributed by atoms with Gasteiger partial charge in [-0.1, -0.05) is 0 Å². The van der Waals surface area contributed by atoms with Crippen molar-refractivity contribution in [3.8, 4) is 0 Å². The molecule has 1 fully saturated rings. The van der Waals surface area contributed by atoms with Crippen LogP contribution in [0.1, 0.15) is 24.9 Å². The molecule has 1 aliphatic heterocycles. The van der Waals surface area contributed by atoms with Crippen LogP contribution >= 0.6 is 0 Å². The number of nitrogens with one attached hydrogen (secondary N) is 2. The maximum Gasteiger partial charge on any atom is 0.315 e. The molecule has 6 nitrogen and oxygen atoms in total. The second kappa shape index (κ2) is 5.56. The molecule has 2 rings (SSSR count). The van der Waals surface area contributed by atoms with Crippen molar-refractivity contribution in [2.24, 2.45) is 0 Å². The lowest BCUT2D eigenvalue weighted by Crippen LogP contribution is -2.43. The normalized spacial score (nSPS) is 22.7. The van der Waals surface area contributed by atoms with Crippen molar-refractivity contribution in [2.75, 3.05) is 11.5 Å². The Labute approximate surface area is 112 Å². The molecule has 0 aliphatic carbocycles. The minimum Gasteiger partial charge on any atom is -0.334 e. The van der Waals surface area contributed by atoms with Crippen LogP contribution in [0.5, 0.6) is 0 Å². The number of hydrogen-bond acceptors (Lipinski definition) is 4. The molecule has 1 aromatic heterocycles. The lowest BCUT2D eigenvalue weighted by Gasteiger charge is -2.17. The number of rotatable bonds is 3.